The number of rotatable bonds is 0. The molecule has 1 saturated heterocycles. The van der Waals surface area contributed by atoms with E-state index >= 15 is 0 Å². The van der Waals surface area contributed by atoms with Crippen LogP contribution in [0.25, 0.3) is 0 Å². The number of carbonyl (C=O) groups excluding carboxylic acids is 1. The Hall–Kier alpha value is -1.32. The fourth-order valence-corrected chi connectivity index (χ4v) is 2.28. The number of aryl methyl sites for hydroxylation is 1. The van der Waals surface area contributed by atoms with Gasteiger partial charge in [0.05, 0.1) is 7.05 Å². The minimum atomic E-state index is 0.0902. The summed E-state index contributed by atoms with van der Waals surface area (Å²) in [4.78, 5) is 14.0. The number of hydrogen-bond acceptors (Lipinski definition) is 1. The summed E-state index contributed by atoms with van der Waals surface area (Å²) in [5.74, 6) is 0.619. The van der Waals surface area contributed by atoms with Crippen molar-refractivity contribution in [3.05, 3.63) is 18.7 Å². The molecule has 4 nitrogen and oxygen atoms in total. The van der Waals surface area contributed by atoms with E-state index < -0.39 is 0 Å². The van der Waals surface area contributed by atoms with Gasteiger partial charge in [0, 0.05) is 12.6 Å². The van der Waals surface area contributed by atoms with Gasteiger partial charge >= 0.3 is 6.03 Å². The van der Waals surface area contributed by atoms with Gasteiger partial charge in [0.1, 0.15) is 12.4 Å². The predicted molar refractivity (Wildman–Crippen MR) is 56.4 cm³/mol. The maximum atomic E-state index is 12.1. The van der Waals surface area contributed by atoms with E-state index in [1.54, 1.807) is 17.1 Å². The van der Waals surface area contributed by atoms with Gasteiger partial charge in [-0.3, -0.25) is 0 Å². The van der Waals surface area contributed by atoms with Crippen LogP contribution in [-0.2, 0) is 7.05 Å². The number of nitrogens with zero attached hydrogens (tertiary/aromatic N) is 3. The molecule has 1 amide bonds. The van der Waals surface area contributed by atoms with Crippen LogP contribution in [0.15, 0.2) is 18.7 Å². The number of carbonyl (C=O) groups is 1. The molecule has 0 aliphatic carbocycles. The lowest BCUT2D eigenvalue weighted by Crippen LogP contribution is -2.37. The molecule has 0 aromatic carbocycles. The largest absolute Gasteiger partial charge is 0.416 e. The third kappa shape index (κ3) is 1.89. The Balaban J connectivity index is 2.15. The number of amides is 1. The van der Waals surface area contributed by atoms with Crippen LogP contribution in [0.4, 0.5) is 4.79 Å². The van der Waals surface area contributed by atoms with Gasteiger partial charge in [-0.2, -0.15) is 4.57 Å². The van der Waals surface area contributed by atoms with Gasteiger partial charge < -0.3 is 4.90 Å². The molecule has 2 heterocycles. The van der Waals surface area contributed by atoms with Crippen molar-refractivity contribution >= 4 is 6.03 Å². The van der Waals surface area contributed by atoms with Crippen molar-refractivity contribution in [3.8, 4) is 0 Å². The van der Waals surface area contributed by atoms with Crippen LogP contribution in [0, 0.1) is 5.92 Å². The molecule has 1 aliphatic heterocycles. The van der Waals surface area contributed by atoms with Crippen LogP contribution in [-0.4, -0.2) is 28.1 Å². The smallest absolute Gasteiger partial charge is 0.301 e. The minimum Gasteiger partial charge on any atom is -0.301 e. The maximum absolute atomic E-state index is 12.1. The van der Waals surface area contributed by atoms with Crippen molar-refractivity contribution in [3.63, 3.8) is 0 Å². The Morgan fingerprint density at radius 2 is 2.20 bits per heavy atom. The second-order valence-electron chi connectivity index (χ2n) is 4.61. The van der Waals surface area contributed by atoms with Crippen molar-refractivity contribution < 1.29 is 9.36 Å². The van der Waals surface area contributed by atoms with E-state index in [-0.39, 0.29) is 6.03 Å². The first-order valence-electron chi connectivity index (χ1n) is 5.42. The van der Waals surface area contributed by atoms with E-state index in [1.807, 2.05) is 22.7 Å². The van der Waals surface area contributed by atoms with Crippen molar-refractivity contribution in [1.82, 2.24) is 9.47 Å². The van der Waals surface area contributed by atoms with E-state index in [2.05, 4.69) is 13.8 Å². The highest BCUT2D eigenvalue weighted by atomic mass is 16.2. The molecule has 0 spiro atoms. The van der Waals surface area contributed by atoms with E-state index in [4.69, 9.17) is 0 Å². The monoisotopic (exact) mass is 208 g/mol. The number of hydrogen-bond donors (Lipinski definition) is 0. The molecular formula is C11H18N3O+. The van der Waals surface area contributed by atoms with Crippen molar-refractivity contribution in [1.29, 1.82) is 0 Å². The van der Waals surface area contributed by atoms with Crippen LogP contribution in [0.2, 0.25) is 0 Å². The average molecular weight is 208 g/mol. The summed E-state index contributed by atoms with van der Waals surface area (Å²) in [6.07, 6.45) is 6.59. The maximum Gasteiger partial charge on any atom is 0.416 e. The lowest BCUT2D eigenvalue weighted by Gasteiger charge is -2.17. The van der Waals surface area contributed by atoms with Crippen LogP contribution in [0.3, 0.4) is 0 Å². The van der Waals surface area contributed by atoms with Crippen LogP contribution in [0.5, 0.6) is 0 Å². The van der Waals surface area contributed by atoms with Crippen LogP contribution >= 0.6 is 0 Å². The molecular weight excluding hydrogens is 190 g/mol. The molecule has 4 heteroatoms. The molecule has 1 aromatic heterocycles. The zero-order valence-electron chi connectivity index (χ0n) is 9.55. The summed E-state index contributed by atoms with van der Waals surface area (Å²) in [5, 5.41) is 0. The highest BCUT2D eigenvalue weighted by Gasteiger charge is 2.33. The van der Waals surface area contributed by atoms with Gasteiger partial charge in [-0.15, -0.1) is 0 Å². The molecule has 0 radical (unpaired) electrons. The van der Waals surface area contributed by atoms with Crippen molar-refractivity contribution in [2.45, 2.75) is 26.3 Å². The average Bonchev–Trinajstić information content (AvgIpc) is 2.71. The van der Waals surface area contributed by atoms with Gasteiger partial charge in [-0.1, -0.05) is 6.92 Å². The summed E-state index contributed by atoms with van der Waals surface area (Å²) < 4.78 is 3.52. The van der Waals surface area contributed by atoms with Crippen molar-refractivity contribution in [2.24, 2.45) is 13.0 Å². The fraction of sp³-hybridized carbons (Fsp3) is 0.636. The number of imidazole rings is 1. The molecule has 0 N–H and O–H groups in total. The summed E-state index contributed by atoms with van der Waals surface area (Å²) >= 11 is 0. The molecule has 0 bridgehead atoms. The van der Waals surface area contributed by atoms with E-state index in [0.29, 0.717) is 12.0 Å². The topological polar surface area (TPSA) is 29.1 Å². The molecule has 2 rings (SSSR count). The summed E-state index contributed by atoms with van der Waals surface area (Å²) in [7, 11) is 1.92. The Morgan fingerprint density at radius 1 is 1.47 bits per heavy atom. The molecule has 0 saturated carbocycles. The van der Waals surface area contributed by atoms with Gasteiger partial charge in [-0.25, -0.2) is 9.36 Å². The third-order valence-electron chi connectivity index (χ3n) is 3.02. The lowest BCUT2D eigenvalue weighted by atomic mass is 10.1. The summed E-state index contributed by atoms with van der Waals surface area (Å²) in [6.45, 7) is 5.19. The summed E-state index contributed by atoms with van der Waals surface area (Å²) in [6, 6.07) is 0.452. The Kier molecular flexibility index (Phi) is 2.50. The molecule has 1 aliphatic rings. The second kappa shape index (κ2) is 3.68. The van der Waals surface area contributed by atoms with E-state index in [9.17, 15) is 4.79 Å². The van der Waals surface area contributed by atoms with E-state index in [0.717, 1.165) is 13.0 Å². The first kappa shape index (κ1) is 10.2. The second-order valence-corrected chi connectivity index (χ2v) is 4.61. The third-order valence-corrected chi connectivity index (χ3v) is 3.02. The lowest BCUT2D eigenvalue weighted by molar-refractivity contribution is -0.670. The van der Waals surface area contributed by atoms with Gasteiger partial charge in [0.15, 0.2) is 0 Å². The highest BCUT2D eigenvalue weighted by molar-refractivity contribution is 5.77. The van der Waals surface area contributed by atoms with E-state index in [1.165, 1.54) is 0 Å². The number of aromatic nitrogens is 2. The Bertz CT molecular complexity index is 372. The Morgan fingerprint density at radius 3 is 2.67 bits per heavy atom. The molecule has 1 fully saturated rings. The van der Waals surface area contributed by atoms with Gasteiger partial charge in [-0.05, 0) is 19.3 Å². The SMILES string of the molecule is CC1CC(C)N(C(=O)n2cc[n+](C)c2)C1. The standard InChI is InChI=1S/C11H18N3O/c1-9-6-10(2)14(7-9)11(15)13-5-4-12(3)8-13/h4-5,8-10H,6-7H2,1-3H3/q+1. The summed E-state index contributed by atoms with van der Waals surface area (Å²) in [5.41, 5.74) is 0. The minimum absolute atomic E-state index is 0.0902. The quantitative estimate of drug-likeness (QED) is 0.585. The number of likely N-dealkylation sites (tertiary alicyclic amines) is 1. The fourth-order valence-electron chi connectivity index (χ4n) is 2.28. The predicted octanol–water partition coefficient (Wildman–Crippen LogP) is 1.01. The molecule has 2 unspecified atom stereocenters. The van der Waals surface area contributed by atoms with Gasteiger partial charge in [0.25, 0.3) is 6.33 Å². The zero-order chi connectivity index (χ0) is 11.0. The first-order chi connectivity index (χ1) is 7.08. The van der Waals surface area contributed by atoms with Crippen LogP contribution < -0.4 is 4.57 Å². The molecule has 1 aromatic rings. The molecule has 15 heavy (non-hydrogen) atoms. The molecule has 2 atom stereocenters. The van der Waals surface area contributed by atoms with Crippen molar-refractivity contribution in [2.75, 3.05) is 6.54 Å². The zero-order valence-corrected chi connectivity index (χ0v) is 9.55. The molecule has 82 valence electrons. The van der Waals surface area contributed by atoms with Gasteiger partial charge in [0.2, 0.25) is 0 Å². The highest BCUT2D eigenvalue weighted by Crippen LogP contribution is 2.22. The first-order valence-corrected chi connectivity index (χ1v) is 5.42. The van der Waals surface area contributed by atoms with Crippen LogP contribution in [0.1, 0.15) is 20.3 Å². The normalized spacial score (nSPS) is 25.9. The Labute approximate surface area is 90.1 Å².